The van der Waals surface area contributed by atoms with E-state index in [1.807, 2.05) is 0 Å². The first-order chi connectivity index (χ1) is 8.95. The molecule has 1 aliphatic heterocycles. The van der Waals surface area contributed by atoms with E-state index in [-0.39, 0.29) is 0 Å². The molecule has 1 aliphatic carbocycles. The summed E-state index contributed by atoms with van der Waals surface area (Å²) in [5.74, 6) is 1.50. The molecular formula is C17H34N2. The van der Waals surface area contributed by atoms with Gasteiger partial charge in [-0.15, -0.1) is 0 Å². The Morgan fingerprint density at radius 1 is 1.00 bits per heavy atom. The molecule has 0 radical (unpaired) electrons. The molecule has 0 aromatic heterocycles. The average molecular weight is 266 g/mol. The Morgan fingerprint density at radius 3 is 2.16 bits per heavy atom. The lowest BCUT2D eigenvalue weighted by Crippen LogP contribution is -2.67. The first-order valence-corrected chi connectivity index (χ1v) is 8.46. The molecule has 0 amide bonds. The van der Waals surface area contributed by atoms with Crippen molar-refractivity contribution in [3.8, 4) is 0 Å². The first kappa shape index (κ1) is 15.3. The van der Waals surface area contributed by atoms with E-state index >= 15 is 0 Å². The molecule has 2 nitrogen and oxygen atoms in total. The third-order valence-corrected chi connectivity index (χ3v) is 5.67. The van der Waals surface area contributed by atoms with Crippen molar-refractivity contribution in [1.82, 2.24) is 10.2 Å². The zero-order valence-electron chi connectivity index (χ0n) is 13.7. The van der Waals surface area contributed by atoms with Crippen LogP contribution in [0.2, 0.25) is 0 Å². The second kappa shape index (κ2) is 6.13. The highest BCUT2D eigenvalue weighted by atomic mass is 15.3. The van der Waals surface area contributed by atoms with Crippen LogP contribution in [0.25, 0.3) is 0 Å². The van der Waals surface area contributed by atoms with Crippen LogP contribution >= 0.6 is 0 Å². The van der Waals surface area contributed by atoms with Crippen molar-refractivity contribution >= 4 is 0 Å². The molecule has 0 bridgehead atoms. The minimum Gasteiger partial charge on any atom is -0.308 e. The van der Waals surface area contributed by atoms with Gasteiger partial charge in [0.05, 0.1) is 0 Å². The summed E-state index contributed by atoms with van der Waals surface area (Å²) in [6, 6.07) is 1.42. The number of nitrogens with one attached hydrogen (secondary N) is 1. The van der Waals surface area contributed by atoms with Crippen molar-refractivity contribution < 1.29 is 0 Å². The topological polar surface area (TPSA) is 15.3 Å². The molecule has 1 spiro atoms. The molecule has 2 atom stereocenters. The van der Waals surface area contributed by atoms with E-state index in [2.05, 4.69) is 44.8 Å². The Kier molecular flexibility index (Phi) is 4.94. The van der Waals surface area contributed by atoms with Gasteiger partial charge in [0, 0.05) is 30.7 Å². The maximum Gasteiger partial charge on any atom is 0.0309 e. The minimum atomic E-state index is 0.437. The van der Waals surface area contributed by atoms with Gasteiger partial charge in [0.2, 0.25) is 0 Å². The van der Waals surface area contributed by atoms with Gasteiger partial charge in [-0.3, -0.25) is 4.90 Å². The Bertz CT molecular complexity index is 279. The van der Waals surface area contributed by atoms with Crippen LogP contribution in [0.15, 0.2) is 0 Å². The predicted octanol–water partition coefficient (Wildman–Crippen LogP) is 3.66. The molecule has 19 heavy (non-hydrogen) atoms. The third kappa shape index (κ3) is 3.33. The maximum atomic E-state index is 3.95. The fourth-order valence-electron chi connectivity index (χ4n) is 3.97. The predicted molar refractivity (Wildman–Crippen MR) is 83.5 cm³/mol. The Balaban J connectivity index is 2.12. The van der Waals surface area contributed by atoms with Gasteiger partial charge in [0.1, 0.15) is 0 Å². The number of hydrogen-bond donors (Lipinski definition) is 1. The Hall–Kier alpha value is -0.0800. The molecule has 2 fully saturated rings. The lowest BCUT2D eigenvalue weighted by molar-refractivity contribution is -0.00165. The van der Waals surface area contributed by atoms with E-state index in [4.69, 9.17) is 0 Å². The summed E-state index contributed by atoms with van der Waals surface area (Å²) < 4.78 is 0. The second-order valence-corrected chi connectivity index (χ2v) is 7.69. The van der Waals surface area contributed by atoms with Crippen LogP contribution in [-0.4, -0.2) is 35.6 Å². The van der Waals surface area contributed by atoms with E-state index in [9.17, 15) is 0 Å². The third-order valence-electron chi connectivity index (χ3n) is 5.67. The number of nitrogens with zero attached hydrogens (tertiary/aromatic N) is 1. The van der Waals surface area contributed by atoms with Crippen LogP contribution in [0.4, 0.5) is 0 Å². The molecule has 0 aromatic carbocycles. The number of piperazine rings is 1. The molecule has 2 rings (SSSR count). The largest absolute Gasteiger partial charge is 0.308 e. The van der Waals surface area contributed by atoms with Crippen molar-refractivity contribution in [2.45, 2.75) is 84.3 Å². The van der Waals surface area contributed by atoms with Gasteiger partial charge in [0.15, 0.2) is 0 Å². The SMILES string of the molecule is CC(C)C(C)N1CC2(CCCCC2)NCC1C(C)C. The summed E-state index contributed by atoms with van der Waals surface area (Å²) in [4.78, 5) is 2.83. The molecule has 0 aromatic rings. The van der Waals surface area contributed by atoms with Gasteiger partial charge < -0.3 is 5.32 Å². The van der Waals surface area contributed by atoms with Crippen LogP contribution < -0.4 is 5.32 Å². The van der Waals surface area contributed by atoms with Crippen molar-refractivity contribution in [3.05, 3.63) is 0 Å². The van der Waals surface area contributed by atoms with Gasteiger partial charge in [-0.1, -0.05) is 47.0 Å². The summed E-state index contributed by atoms with van der Waals surface area (Å²) >= 11 is 0. The molecule has 1 saturated carbocycles. The minimum absolute atomic E-state index is 0.437. The molecule has 1 heterocycles. The van der Waals surface area contributed by atoms with Gasteiger partial charge in [-0.25, -0.2) is 0 Å². The highest BCUT2D eigenvalue weighted by Gasteiger charge is 2.42. The molecule has 112 valence electrons. The van der Waals surface area contributed by atoms with Crippen molar-refractivity contribution in [1.29, 1.82) is 0 Å². The van der Waals surface area contributed by atoms with Crippen LogP contribution in [0.3, 0.4) is 0 Å². The zero-order chi connectivity index (χ0) is 14.0. The van der Waals surface area contributed by atoms with Crippen molar-refractivity contribution in [3.63, 3.8) is 0 Å². The highest BCUT2D eigenvalue weighted by molar-refractivity contribution is 5.01. The Morgan fingerprint density at radius 2 is 1.63 bits per heavy atom. The fourth-order valence-corrected chi connectivity index (χ4v) is 3.97. The normalized spacial score (nSPS) is 30.2. The summed E-state index contributed by atoms with van der Waals surface area (Å²) in [6.07, 6.45) is 7.06. The molecule has 1 N–H and O–H groups in total. The van der Waals surface area contributed by atoms with Crippen molar-refractivity contribution in [2.24, 2.45) is 11.8 Å². The van der Waals surface area contributed by atoms with Crippen LogP contribution in [0, 0.1) is 11.8 Å². The molecule has 2 aliphatic rings. The lowest BCUT2D eigenvalue weighted by Gasteiger charge is -2.53. The van der Waals surface area contributed by atoms with E-state index in [0.29, 0.717) is 17.6 Å². The summed E-state index contributed by atoms with van der Waals surface area (Å²) in [5, 5.41) is 3.95. The monoisotopic (exact) mass is 266 g/mol. The summed E-state index contributed by atoms with van der Waals surface area (Å²) in [7, 11) is 0. The maximum absolute atomic E-state index is 3.95. The smallest absolute Gasteiger partial charge is 0.0309 e. The van der Waals surface area contributed by atoms with Crippen LogP contribution in [0.1, 0.15) is 66.7 Å². The first-order valence-electron chi connectivity index (χ1n) is 8.46. The highest BCUT2D eigenvalue weighted by Crippen LogP contribution is 2.34. The van der Waals surface area contributed by atoms with E-state index in [1.54, 1.807) is 0 Å². The average Bonchev–Trinajstić information content (AvgIpc) is 2.38. The summed E-state index contributed by atoms with van der Waals surface area (Å²) in [5.41, 5.74) is 0.437. The lowest BCUT2D eigenvalue weighted by atomic mass is 9.77. The molecule has 2 unspecified atom stereocenters. The van der Waals surface area contributed by atoms with Gasteiger partial charge in [0.25, 0.3) is 0 Å². The molecular weight excluding hydrogens is 232 g/mol. The van der Waals surface area contributed by atoms with E-state index in [0.717, 1.165) is 11.8 Å². The summed E-state index contributed by atoms with van der Waals surface area (Å²) in [6.45, 7) is 14.4. The fraction of sp³-hybridized carbons (Fsp3) is 1.00. The van der Waals surface area contributed by atoms with Gasteiger partial charge in [-0.2, -0.15) is 0 Å². The van der Waals surface area contributed by atoms with Crippen molar-refractivity contribution in [2.75, 3.05) is 13.1 Å². The van der Waals surface area contributed by atoms with Gasteiger partial charge >= 0.3 is 0 Å². The Labute approximate surface area is 120 Å². The standard InChI is InChI=1S/C17H34N2/c1-13(2)15(5)19-12-17(9-7-6-8-10-17)18-11-16(19)14(3)4/h13-16,18H,6-12H2,1-5H3. The number of rotatable bonds is 3. The molecule has 1 saturated heterocycles. The number of hydrogen-bond acceptors (Lipinski definition) is 2. The van der Waals surface area contributed by atoms with Crippen LogP contribution in [0.5, 0.6) is 0 Å². The van der Waals surface area contributed by atoms with Gasteiger partial charge in [-0.05, 0) is 31.6 Å². The molecule has 2 heteroatoms. The quantitative estimate of drug-likeness (QED) is 0.838. The second-order valence-electron chi connectivity index (χ2n) is 7.69. The van der Waals surface area contributed by atoms with E-state index in [1.165, 1.54) is 45.2 Å². The van der Waals surface area contributed by atoms with E-state index < -0.39 is 0 Å². The zero-order valence-corrected chi connectivity index (χ0v) is 13.7. The van der Waals surface area contributed by atoms with Crippen LogP contribution in [-0.2, 0) is 0 Å².